The summed E-state index contributed by atoms with van der Waals surface area (Å²) in [4.78, 5) is 14.5. The van der Waals surface area contributed by atoms with Gasteiger partial charge in [0, 0.05) is 31.5 Å². The van der Waals surface area contributed by atoms with Crippen LogP contribution in [0, 0.1) is 0 Å². The average molecular weight is 291 g/mol. The summed E-state index contributed by atoms with van der Waals surface area (Å²) in [5.74, 6) is 0.0180. The molecule has 1 saturated heterocycles. The Labute approximate surface area is 126 Å². The predicted octanol–water partition coefficient (Wildman–Crippen LogP) is 1.58. The highest BCUT2D eigenvalue weighted by Crippen LogP contribution is 2.16. The fourth-order valence-electron chi connectivity index (χ4n) is 2.56. The van der Waals surface area contributed by atoms with Gasteiger partial charge in [-0.15, -0.1) is 0 Å². The van der Waals surface area contributed by atoms with Gasteiger partial charge in [-0.25, -0.2) is 0 Å². The molecule has 0 saturated carbocycles. The molecule has 0 radical (unpaired) electrons. The molecule has 1 aliphatic rings. The number of anilines is 1. The van der Waals surface area contributed by atoms with Crippen LogP contribution in [0.25, 0.3) is 0 Å². The number of likely N-dealkylation sites (N-methyl/N-ethyl adjacent to an activating group) is 1. The third-order valence-electron chi connectivity index (χ3n) is 4.21. The molecular weight excluding hydrogens is 266 g/mol. The SMILES string of the molecule is CC(C(=O)Nc1ccc(CN)cc1)N(C)C1CCOCC1. The molecule has 1 aromatic carbocycles. The average Bonchev–Trinajstić information content (AvgIpc) is 2.55. The van der Waals surface area contributed by atoms with Crippen LogP contribution >= 0.6 is 0 Å². The van der Waals surface area contributed by atoms with Crippen LogP contribution in [-0.4, -0.2) is 43.2 Å². The summed E-state index contributed by atoms with van der Waals surface area (Å²) in [5, 5.41) is 2.96. The van der Waals surface area contributed by atoms with Crippen molar-refractivity contribution in [3.63, 3.8) is 0 Å². The first-order valence-corrected chi connectivity index (χ1v) is 7.51. The van der Waals surface area contributed by atoms with Crippen LogP contribution in [0.1, 0.15) is 25.3 Å². The number of ether oxygens (including phenoxy) is 1. The quantitative estimate of drug-likeness (QED) is 0.864. The van der Waals surface area contributed by atoms with E-state index in [1.807, 2.05) is 38.2 Å². The molecule has 1 heterocycles. The molecule has 116 valence electrons. The lowest BCUT2D eigenvalue weighted by atomic mass is 10.1. The molecule has 1 aromatic rings. The molecule has 2 rings (SSSR count). The maximum Gasteiger partial charge on any atom is 0.241 e. The monoisotopic (exact) mass is 291 g/mol. The Bertz CT molecular complexity index is 455. The molecule has 1 atom stereocenters. The minimum atomic E-state index is -0.165. The van der Waals surface area contributed by atoms with Gasteiger partial charge in [0.15, 0.2) is 0 Å². The van der Waals surface area contributed by atoms with Gasteiger partial charge in [0.1, 0.15) is 0 Å². The van der Waals surface area contributed by atoms with Gasteiger partial charge in [-0.2, -0.15) is 0 Å². The number of nitrogens with two attached hydrogens (primary N) is 1. The van der Waals surface area contributed by atoms with Crippen molar-refractivity contribution < 1.29 is 9.53 Å². The number of nitrogens with one attached hydrogen (secondary N) is 1. The van der Waals surface area contributed by atoms with E-state index in [9.17, 15) is 4.79 Å². The second-order valence-corrected chi connectivity index (χ2v) is 5.58. The molecule has 21 heavy (non-hydrogen) atoms. The van der Waals surface area contributed by atoms with E-state index in [2.05, 4.69) is 10.2 Å². The van der Waals surface area contributed by atoms with Crippen LogP contribution < -0.4 is 11.1 Å². The molecule has 5 nitrogen and oxygen atoms in total. The van der Waals surface area contributed by atoms with Crippen LogP contribution in [-0.2, 0) is 16.1 Å². The van der Waals surface area contributed by atoms with Gasteiger partial charge in [0.05, 0.1) is 6.04 Å². The van der Waals surface area contributed by atoms with E-state index >= 15 is 0 Å². The van der Waals surface area contributed by atoms with Crippen molar-refractivity contribution in [3.05, 3.63) is 29.8 Å². The lowest BCUT2D eigenvalue weighted by Gasteiger charge is -2.34. The lowest BCUT2D eigenvalue weighted by Crippen LogP contribution is -2.47. The van der Waals surface area contributed by atoms with E-state index in [1.165, 1.54) is 0 Å². The van der Waals surface area contributed by atoms with Crippen molar-refractivity contribution >= 4 is 11.6 Å². The highest BCUT2D eigenvalue weighted by atomic mass is 16.5. The van der Waals surface area contributed by atoms with Gasteiger partial charge >= 0.3 is 0 Å². The fourth-order valence-corrected chi connectivity index (χ4v) is 2.56. The van der Waals surface area contributed by atoms with Gasteiger partial charge < -0.3 is 15.8 Å². The molecule has 1 aliphatic heterocycles. The number of amides is 1. The first kappa shape index (κ1) is 15.9. The van der Waals surface area contributed by atoms with E-state index < -0.39 is 0 Å². The highest BCUT2D eigenvalue weighted by molar-refractivity contribution is 5.94. The topological polar surface area (TPSA) is 67.6 Å². The number of rotatable bonds is 5. The molecule has 0 bridgehead atoms. The van der Waals surface area contributed by atoms with E-state index in [0.717, 1.165) is 37.3 Å². The standard InChI is InChI=1S/C16H25N3O2/c1-12(19(2)15-7-9-21-10-8-15)16(20)18-14-5-3-13(11-17)4-6-14/h3-6,12,15H,7-11,17H2,1-2H3,(H,18,20). The van der Waals surface area contributed by atoms with Crippen molar-refractivity contribution in [2.75, 3.05) is 25.6 Å². The third kappa shape index (κ3) is 4.27. The number of hydrogen-bond acceptors (Lipinski definition) is 4. The second kappa shape index (κ2) is 7.54. The largest absolute Gasteiger partial charge is 0.381 e. The van der Waals surface area contributed by atoms with Crippen molar-refractivity contribution in [1.29, 1.82) is 0 Å². The zero-order valence-electron chi connectivity index (χ0n) is 12.8. The van der Waals surface area contributed by atoms with Gasteiger partial charge in [-0.1, -0.05) is 12.1 Å². The first-order valence-electron chi connectivity index (χ1n) is 7.51. The number of hydrogen-bond donors (Lipinski definition) is 2. The van der Waals surface area contributed by atoms with Gasteiger partial charge in [0.2, 0.25) is 5.91 Å². The molecule has 0 spiro atoms. The molecule has 1 amide bonds. The molecule has 1 unspecified atom stereocenters. The molecule has 0 aromatic heterocycles. The molecular formula is C16H25N3O2. The summed E-state index contributed by atoms with van der Waals surface area (Å²) in [6.07, 6.45) is 1.97. The minimum Gasteiger partial charge on any atom is -0.381 e. The number of benzene rings is 1. The Morgan fingerprint density at radius 3 is 2.57 bits per heavy atom. The van der Waals surface area contributed by atoms with Crippen LogP contribution in [0.15, 0.2) is 24.3 Å². The van der Waals surface area contributed by atoms with Crippen LogP contribution in [0.3, 0.4) is 0 Å². The third-order valence-corrected chi connectivity index (χ3v) is 4.21. The molecule has 1 fully saturated rings. The predicted molar refractivity (Wildman–Crippen MR) is 84.0 cm³/mol. The minimum absolute atomic E-state index is 0.0180. The molecule has 0 aliphatic carbocycles. The normalized spacial score (nSPS) is 17.7. The Kier molecular flexibility index (Phi) is 5.73. The number of nitrogens with zero attached hydrogens (tertiary/aromatic N) is 1. The smallest absolute Gasteiger partial charge is 0.241 e. The summed E-state index contributed by atoms with van der Waals surface area (Å²) in [6, 6.07) is 7.90. The molecule has 5 heteroatoms. The van der Waals surface area contributed by atoms with Crippen molar-refractivity contribution in [2.24, 2.45) is 5.73 Å². The second-order valence-electron chi connectivity index (χ2n) is 5.58. The summed E-state index contributed by atoms with van der Waals surface area (Å²) in [5.41, 5.74) is 7.43. The van der Waals surface area contributed by atoms with E-state index in [0.29, 0.717) is 12.6 Å². The zero-order chi connectivity index (χ0) is 15.2. The summed E-state index contributed by atoms with van der Waals surface area (Å²) >= 11 is 0. The van der Waals surface area contributed by atoms with Crippen molar-refractivity contribution in [1.82, 2.24) is 4.90 Å². The molecule has 3 N–H and O–H groups in total. The van der Waals surface area contributed by atoms with Crippen molar-refractivity contribution in [3.8, 4) is 0 Å². The van der Waals surface area contributed by atoms with Crippen molar-refractivity contribution in [2.45, 2.75) is 38.4 Å². The van der Waals surface area contributed by atoms with Crippen LogP contribution in [0.2, 0.25) is 0 Å². The van der Waals surface area contributed by atoms with Crippen LogP contribution in [0.5, 0.6) is 0 Å². The summed E-state index contributed by atoms with van der Waals surface area (Å²) in [6.45, 7) is 4.02. The summed E-state index contributed by atoms with van der Waals surface area (Å²) < 4.78 is 5.37. The first-order chi connectivity index (χ1) is 10.1. The number of carbonyl (C=O) groups is 1. The lowest BCUT2D eigenvalue weighted by molar-refractivity contribution is -0.121. The Balaban J connectivity index is 1.91. The fraction of sp³-hybridized carbons (Fsp3) is 0.562. The maximum absolute atomic E-state index is 12.3. The highest BCUT2D eigenvalue weighted by Gasteiger charge is 2.26. The van der Waals surface area contributed by atoms with Gasteiger partial charge in [-0.05, 0) is 44.5 Å². The van der Waals surface area contributed by atoms with Gasteiger partial charge in [-0.3, -0.25) is 9.69 Å². The maximum atomic E-state index is 12.3. The number of carbonyl (C=O) groups excluding carboxylic acids is 1. The zero-order valence-corrected chi connectivity index (χ0v) is 12.8. The Morgan fingerprint density at radius 2 is 2.00 bits per heavy atom. The Hall–Kier alpha value is -1.43. The Morgan fingerprint density at radius 1 is 1.38 bits per heavy atom. The van der Waals surface area contributed by atoms with E-state index in [-0.39, 0.29) is 11.9 Å². The van der Waals surface area contributed by atoms with E-state index in [4.69, 9.17) is 10.5 Å². The summed E-state index contributed by atoms with van der Waals surface area (Å²) in [7, 11) is 2.01. The van der Waals surface area contributed by atoms with E-state index in [1.54, 1.807) is 0 Å². The van der Waals surface area contributed by atoms with Gasteiger partial charge in [0.25, 0.3) is 0 Å². The van der Waals surface area contributed by atoms with Crippen LogP contribution in [0.4, 0.5) is 5.69 Å².